The molecular weight excluding hydrogens is 314 g/mol. The number of hydrogen-bond donors (Lipinski definition) is 3. The van der Waals surface area contributed by atoms with E-state index in [0.717, 1.165) is 49.1 Å². The van der Waals surface area contributed by atoms with Crippen molar-refractivity contribution in [2.45, 2.75) is 26.3 Å². The highest BCUT2D eigenvalue weighted by molar-refractivity contribution is 6.30. The number of aliphatic hydroxyl groups excluding tert-OH is 1. The quantitative estimate of drug-likeness (QED) is 0.526. The summed E-state index contributed by atoms with van der Waals surface area (Å²) in [6.45, 7) is 5.78. The van der Waals surface area contributed by atoms with E-state index in [4.69, 9.17) is 16.3 Å². The van der Waals surface area contributed by atoms with E-state index in [1.165, 1.54) is 0 Å². The Morgan fingerprint density at radius 3 is 2.96 bits per heavy atom. The molecule has 0 bridgehead atoms. The molecule has 6 heteroatoms. The van der Waals surface area contributed by atoms with E-state index in [1.807, 2.05) is 31.2 Å². The molecule has 0 radical (unpaired) electrons. The maximum absolute atomic E-state index is 9.30. The molecule has 1 unspecified atom stereocenters. The summed E-state index contributed by atoms with van der Waals surface area (Å²) in [5.74, 6) is 0.775. The molecule has 1 aliphatic heterocycles. The number of ether oxygens (including phenoxy) is 1. The highest BCUT2D eigenvalue weighted by atomic mass is 35.5. The second kappa shape index (κ2) is 9.11. The molecule has 3 N–H and O–H groups in total. The van der Waals surface area contributed by atoms with Gasteiger partial charge in [0.15, 0.2) is 5.96 Å². The predicted molar refractivity (Wildman–Crippen MR) is 93.8 cm³/mol. The molecule has 0 spiro atoms. The Kier molecular flexibility index (Phi) is 7.15. The van der Waals surface area contributed by atoms with Crippen LogP contribution in [-0.4, -0.2) is 44.0 Å². The Morgan fingerprint density at radius 1 is 1.43 bits per heavy atom. The zero-order valence-corrected chi connectivity index (χ0v) is 14.4. The summed E-state index contributed by atoms with van der Waals surface area (Å²) in [5.41, 5.74) is 1.07. The van der Waals surface area contributed by atoms with E-state index in [9.17, 15) is 5.11 Å². The van der Waals surface area contributed by atoms with Gasteiger partial charge in [0, 0.05) is 36.7 Å². The number of nitrogens with zero attached hydrogens (tertiary/aromatic N) is 1. The molecule has 1 aliphatic rings. The number of hydrogen-bond acceptors (Lipinski definition) is 3. The Labute approximate surface area is 143 Å². The normalized spacial score (nSPS) is 21.4. The summed E-state index contributed by atoms with van der Waals surface area (Å²) in [6.07, 6.45) is 1.71. The number of aliphatic hydroxyl groups is 1. The minimum atomic E-state index is 0.000989. The summed E-state index contributed by atoms with van der Waals surface area (Å²) in [5, 5.41) is 16.7. The highest BCUT2D eigenvalue weighted by Crippen LogP contribution is 2.31. The van der Waals surface area contributed by atoms with E-state index < -0.39 is 0 Å². The van der Waals surface area contributed by atoms with Gasteiger partial charge in [-0.15, -0.1) is 0 Å². The first-order valence-electron chi connectivity index (χ1n) is 8.13. The number of benzene rings is 1. The Bertz CT molecular complexity index is 516. The van der Waals surface area contributed by atoms with Crippen LogP contribution in [0.15, 0.2) is 29.3 Å². The maximum atomic E-state index is 9.30. The van der Waals surface area contributed by atoms with Crippen molar-refractivity contribution in [3.05, 3.63) is 34.9 Å². The minimum absolute atomic E-state index is 0.000989. The fourth-order valence-electron chi connectivity index (χ4n) is 2.73. The van der Waals surface area contributed by atoms with Crippen LogP contribution in [0.3, 0.4) is 0 Å². The second-order valence-corrected chi connectivity index (χ2v) is 6.39. The molecule has 1 saturated heterocycles. The third kappa shape index (κ3) is 5.68. The van der Waals surface area contributed by atoms with Gasteiger partial charge in [-0.25, -0.2) is 4.99 Å². The van der Waals surface area contributed by atoms with Gasteiger partial charge in [0.05, 0.1) is 13.2 Å². The van der Waals surface area contributed by atoms with Crippen molar-refractivity contribution in [2.75, 3.05) is 32.9 Å². The monoisotopic (exact) mass is 339 g/mol. The van der Waals surface area contributed by atoms with Crippen LogP contribution in [0.4, 0.5) is 0 Å². The third-order valence-electron chi connectivity index (χ3n) is 4.11. The van der Waals surface area contributed by atoms with Gasteiger partial charge >= 0.3 is 0 Å². The highest BCUT2D eigenvalue weighted by Gasteiger charge is 2.34. The number of nitrogens with one attached hydrogen (secondary N) is 2. The summed E-state index contributed by atoms with van der Waals surface area (Å²) in [6, 6.07) is 7.72. The van der Waals surface area contributed by atoms with Crippen molar-refractivity contribution in [2.24, 2.45) is 10.4 Å². The average molecular weight is 340 g/mol. The number of aliphatic imine (C=N–C) groups is 1. The molecule has 0 aliphatic carbocycles. The minimum Gasteiger partial charge on any atom is -0.396 e. The van der Waals surface area contributed by atoms with E-state index in [1.54, 1.807) is 0 Å². The largest absolute Gasteiger partial charge is 0.396 e. The topological polar surface area (TPSA) is 65.9 Å². The van der Waals surface area contributed by atoms with Crippen molar-refractivity contribution in [3.8, 4) is 0 Å². The van der Waals surface area contributed by atoms with Crippen LogP contribution in [0.5, 0.6) is 0 Å². The van der Waals surface area contributed by atoms with Crippen LogP contribution in [0, 0.1) is 5.41 Å². The summed E-state index contributed by atoms with van der Waals surface area (Å²) in [7, 11) is 0. The first kappa shape index (κ1) is 18.0. The molecule has 0 aromatic heterocycles. The Hall–Kier alpha value is -1.30. The second-order valence-electron chi connectivity index (χ2n) is 5.95. The lowest BCUT2D eigenvalue weighted by Gasteiger charge is -2.27. The molecule has 0 saturated carbocycles. The Balaban J connectivity index is 1.96. The summed E-state index contributed by atoms with van der Waals surface area (Å²) in [4.78, 5) is 4.61. The van der Waals surface area contributed by atoms with Gasteiger partial charge in [0.2, 0.25) is 0 Å². The van der Waals surface area contributed by atoms with E-state index in [2.05, 4.69) is 15.6 Å². The van der Waals surface area contributed by atoms with Crippen LogP contribution < -0.4 is 10.6 Å². The molecule has 1 aromatic rings. The van der Waals surface area contributed by atoms with Crippen molar-refractivity contribution >= 4 is 17.6 Å². The van der Waals surface area contributed by atoms with Crippen molar-refractivity contribution in [1.29, 1.82) is 0 Å². The van der Waals surface area contributed by atoms with Crippen molar-refractivity contribution < 1.29 is 9.84 Å². The molecule has 1 aromatic carbocycles. The smallest absolute Gasteiger partial charge is 0.191 e. The van der Waals surface area contributed by atoms with Gasteiger partial charge in [0.25, 0.3) is 0 Å². The third-order valence-corrected chi connectivity index (χ3v) is 4.35. The first-order valence-corrected chi connectivity index (χ1v) is 8.50. The molecule has 128 valence electrons. The van der Waals surface area contributed by atoms with Gasteiger partial charge in [-0.05, 0) is 37.5 Å². The Morgan fingerprint density at radius 2 is 2.30 bits per heavy atom. The van der Waals surface area contributed by atoms with Crippen LogP contribution >= 0.6 is 11.6 Å². The first-order chi connectivity index (χ1) is 11.2. The van der Waals surface area contributed by atoms with Crippen LogP contribution in [0.25, 0.3) is 0 Å². The molecule has 1 fully saturated rings. The van der Waals surface area contributed by atoms with Crippen LogP contribution in [0.1, 0.15) is 25.3 Å². The number of halogens is 1. The van der Waals surface area contributed by atoms with Crippen molar-refractivity contribution in [3.63, 3.8) is 0 Å². The van der Waals surface area contributed by atoms with Gasteiger partial charge in [-0.1, -0.05) is 23.7 Å². The predicted octanol–water partition coefficient (Wildman–Crippen LogP) is 2.18. The fraction of sp³-hybridized carbons (Fsp3) is 0.588. The molecular formula is C17H26ClN3O2. The van der Waals surface area contributed by atoms with Crippen LogP contribution in [-0.2, 0) is 11.3 Å². The lowest BCUT2D eigenvalue weighted by molar-refractivity contribution is 0.127. The zero-order valence-electron chi connectivity index (χ0n) is 13.6. The van der Waals surface area contributed by atoms with Gasteiger partial charge in [0.1, 0.15) is 0 Å². The number of guanidine groups is 1. The summed E-state index contributed by atoms with van der Waals surface area (Å²) >= 11 is 6.00. The lowest BCUT2D eigenvalue weighted by atomic mass is 9.84. The zero-order chi connectivity index (χ0) is 16.5. The van der Waals surface area contributed by atoms with E-state index in [0.29, 0.717) is 13.2 Å². The molecule has 5 nitrogen and oxygen atoms in total. The van der Waals surface area contributed by atoms with Gasteiger partial charge in [-0.3, -0.25) is 0 Å². The van der Waals surface area contributed by atoms with Gasteiger partial charge in [-0.2, -0.15) is 0 Å². The summed E-state index contributed by atoms with van der Waals surface area (Å²) < 4.78 is 5.52. The SMILES string of the molecule is CCNC(=NCc1cccc(Cl)c1)NCC1(CCO)CCOC1. The fourth-order valence-corrected chi connectivity index (χ4v) is 2.94. The van der Waals surface area contributed by atoms with Crippen molar-refractivity contribution in [1.82, 2.24) is 10.6 Å². The molecule has 1 heterocycles. The standard InChI is InChI=1S/C17H26ClN3O2/c1-2-19-16(20-11-14-4-3-5-15(18)10-14)21-12-17(6-8-22)7-9-23-13-17/h3-5,10,22H,2,6-9,11-13H2,1H3,(H2,19,20,21). The molecule has 23 heavy (non-hydrogen) atoms. The average Bonchev–Trinajstić information content (AvgIpc) is 2.99. The van der Waals surface area contributed by atoms with Gasteiger partial charge < -0.3 is 20.5 Å². The maximum Gasteiger partial charge on any atom is 0.191 e. The van der Waals surface area contributed by atoms with Crippen LogP contribution in [0.2, 0.25) is 5.02 Å². The van der Waals surface area contributed by atoms with E-state index >= 15 is 0 Å². The number of rotatable bonds is 7. The van der Waals surface area contributed by atoms with E-state index in [-0.39, 0.29) is 12.0 Å². The molecule has 2 rings (SSSR count). The lowest BCUT2D eigenvalue weighted by Crippen LogP contribution is -2.44. The molecule has 1 atom stereocenters. The molecule has 0 amide bonds.